The first kappa shape index (κ1) is 14.0. The van der Waals surface area contributed by atoms with Gasteiger partial charge in [0, 0.05) is 31.9 Å². The van der Waals surface area contributed by atoms with Crippen LogP contribution in [0.4, 0.5) is 5.69 Å². The van der Waals surface area contributed by atoms with Crippen LogP contribution in [0.5, 0.6) is 0 Å². The van der Waals surface area contributed by atoms with Gasteiger partial charge >= 0.3 is 0 Å². The Bertz CT molecular complexity index is 327. The van der Waals surface area contributed by atoms with Gasteiger partial charge in [-0.2, -0.15) is 0 Å². The molecule has 1 rings (SSSR count). The summed E-state index contributed by atoms with van der Waals surface area (Å²) in [5.41, 5.74) is 2.60. The van der Waals surface area contributed by atoms with Crippen molar-refractivity contribution in [1.82, 2.24) is 5.32 Å². The first-order valence-corrected chi connectivity index (χ1v) is 6.45. The van der Waals surface area contributed by atoms with Crippen LogP contribution in [0, 0.1) is 5.92 Å². The number of benzene rings is 1. The zero-order chi connectivity index (χ0) is 13.0. The molecule has 1 aromatic carbocycles. The van der Waals surface area contributed by atoms with E-state index in [1.807, 2.05) is 0 Å². The lowest BCUT2D eigenvalue weighted by molar-refractivity contribution is 0.389. The standard InChI is InChI=1S/C15H26N2/c1-11(2)12(3)16-13(4)14-7-9-15(10-8-14)17(5)6/h7-13,16H,1-6H3. The van der Waals surface area contributed by atoms with Crippen LogP contribution >= 0.6 is 0 Å². The topological polar surface area (TPSA) is 15.3 Å². The molecule has 0 aromatic heterocycles. The van der Waals surface area contributed by atoms with Crippen molar-refractivity contribution in [2.24, 2.45) is 5.92 Å². The number of rotatable bonds is 5. The van der Waals surface area contributed by atoms with E-state index in [-0.39, 0.29) is 0 Å². The molecule has 0 aliphatic heterocycles. The van der Waals surface area contributed by atoms with Gasteiger partial charge in [0.15, 0.2) is 0 Å². The third-order valence-corrected chi connectivity index (χ3v) is 3.42. The summed E-state index contributed by atoms with van der Waals surface area (Å²) < 4.78 is 0. The minimum atomic E-state index is 0.406. The molecule has 96 valence electrons. The summed E-state index contributed by atoms with van der Waals surface area (Å²) in [6.45, 7) is 8.97. The molecule has 0 heterocycles. The molecular weight excluding hydrogens is 208 g/mol. The quantitative estimate of drug-likeness (QED) is 0.839. The molecule has 2 unspecified atom stereocenters. The lowest BCUT2D eigenvalue weighted by Gasteiger charge is -2.23. The van der Waals surface area contributed by atoms with Crippen molar-refractivity contribution in [3.05, 3.63) is 29.8 Å². The van der Waals surface area contributed by atoms with E-state index in [1.54, 1.807) is 0 Å². The molecule has 0 radical (unpaired) electrons. The van der Waals surface area contributed by atoms with Crippen LogP contribution < -0.4 is 10.2 Å². The van der Waals surface area contributed by atoms with Crippen LogP contribution in [-0.2, 0) is 0 Å². The molecule has 1 aromatic rings. The third kappa shape index (κ3) is 4.04. The van der Waals surface area contributed by atoms with Crippen LogP contribution in [0.25, 0.3) is 0 Å². The Kier molecular flexibility index (Phi) is 5.01. The maximum Gasteiger partial charge on any atom is 0.0361 e. The summed E-state index contributed by atoms with van der Waals surface area (Å²) in [6, 6.07) is 9.71. The summed E-state index contributed by atoms with van der Waals surface area (Å²) in [4.78, 5) is 2.12. The van der Waals surface area contributed by atoms with Gasteiger partial charge in [-0.25, -0.2) is 0 Å². The van der Waals surface area contributed by atoms with Gasteiger partial charge in [0.1, 0.15) is 0 Å². The summed E-state index contributed by atoms with van der Waals surface area (Å²) in [5, 5.41) is 3.63. The fraction of sp³-hybridized carbons (Fsp3) is 0.600. The Morgan fingerprint density at radius 1 is 0.941 bits per heavy atom. The highest BCUT2D eigenvalue weighted by Gasteiger charge is 2.12. The predicted molar refractivity (Wildman–Crippen MR) is 76.6 cm³/mol. The predicted octanol–water partition coefficient (Wildman–Crippen LogP) is 3.45. The van der Waals surface area contributed by atoms with Gasteiger partial charge in [0.05, 0.1) is 0 Å². The highest BCUT2D eigenvalue weighted by atomic mass is 15.1. The van der Waals surface area contributed by atoms with E-state index in [0.717, 1.165) is 0 Å². The molecule has 2 nitrogen and oxygen atoms in total. The summed E-state index contributed by atoms with van der Waals surface area (Å²) in [6.07, 6.45) is 0. The number of nitrogens with zero attached hydrogens (tertiary/aromatic N) is 1. The second-order valence-electron chi connectivity index (χ2n) is 5.41. The van der Waals surface area contributed by atoms with Crippen molar-refractivity contribution in [2.45, 2.75) is 39.8 Å². The molecule has 17 heavy (non-hydrogen) atoms. The van der Waals surface area contributed by atoms with Crippen LogP contribution in [0.3, 0.4) is 0 Å². The second-order valence-corrected chi connectivity index (χ2v) is 5.41. The molecule has 0 saturated carbocycles. The lowest BCUT2D eigenvalue weighted by atomic mass is 10.0. The van der Waals surface area contributed by atoms with Crippen molar-refractivity contribution in [1.29, 1.82) is 0 Å². The highest BCUT2D eigenvalue weighted by molar-refractivity contribution is 5.46. The van der Waals surface area contributed by atoms with E-state index < -0.39 is 0 Å². The van der Waals surface area contributed by atoms with E-state index in [0.29, 0.717) is 18.0 Å². The number of nitrogens with one attached hydrogen (secondary N) is 1. The molecule has 2 heteroatoms. The van der Waals surface area contributed by atoms with E-state index >= 15 is 0 Å². The Morgan fingerprint density at radius 2 is 1.47 bits per heavy atom. The van der Waals surface area contributed by atoms with Crippen molar-refractivity contribution in [3.8, 4) is 0 Å². The van der Waals surface area contributed by atoms with Gasteiger partial charge in [0.25, 0.3) is 0 Å². The maximum atomic E-state index is 3.63. The fourth-order valence-corrected chi connectivity index (χ4v) is 1.74. The van der Waals surface area contributed by atoms with Crippen LogP contribution in [0.2, 0.25) is 0 Å². The summed E-state index contributed by atoms with van der Waals surface area (Å²) in [5.74, 6) is 0.665. The molecule has 0 saturated heterocycles. The van der Waals surface area contributed by atoms with Crippen LogP contribution in [-0.4, -0.2) is 20.1 Å². The third-order valence-electron chi connectivity index (χ3n) is 3.42. The van der Waals surface area contributed by atoms with Crippen LogP contribution in [0.15, 0.2) is 24.3 Å². The van der Waals surface area contributed by atoms with Crippen molar-refractivity contribution in [2.75, 3.05) is 19.0 Å². The average molecular weight is 234 g/mol. The van der Waals surface area contributed by atoms with Crippen molar-refractivity contribution < 1.29 is 0 Å². The monoisotopic (exact) mass is 234 g/mol. The zero-order valence-electron chi connectivity index (χ0n) is 12.0. The Labute approximate surface area is 106 Å². The molecule has 0 bridgehead atoms. The molecule has 1 N–H and O–H groups in total. The molecule has 0 fully saturated rings. The first-order chi connectivity index (χ1) is 7.91. The van der Waals surface area contributed by atoms with Crippen molar-refractivity contribution in [3.63, 3.8) is 0 Å². The normalized spacial score (nSPS) is 14.8. The van der Waals surface area contributed by atoms with Gasteiger partial charge in [0.2, 0.25) is 0 Å². The molecule has 0 aliphatic rings. The fourth-order valence-electron chi connectivity index (χ4n) is 1.74. The number of anilines is 1. The summed E-state index contributed by atoms with van der Waals surface area (Å²) >= 11 is 0. The van der Waals surface area contributed by atoms with E-state index in [2.05, 4.69) is 76.3 Å². The smallest absolute Gasteiger partial charge is 0.0361 e. The summed E-state index contributed by atoms with van der Waals surface area (Å²) in [7, 11) is 4.13. The minimum absolute atomic E-state index is 0.406. The average Bonchev–Trinajstić information content (AvgIpc) is 2.28. The zero-order valence-corrected chi connectivity index (χ0v) is 12.0. The van der Waals surface area contributed by atoms with Gasteiger partial charge in [-0.1, -0.05) is 26.0 Å². The lowest BCUT2D eigenvalue weighted by Crippen LogP contribution is -2.32. The minimum Gasteiger partial charge on any atom is -0.378 e. The number of hydrogen-bond donors (Lipinski definition) is 1. The Hall–Kier alpha value is -1.02. The molecule has 2 atom stereocenters. The van der Waals surface area contributed by atoms with E-state index in [4.69, 9.17) is 0 Å². The van der Waals surface area contributed by atoms with Gasteiger partial charge in [-0.3, -0.25) is 0 Å². The largest absolute Gasteiger partial charge is 0.378 e. The second kappa shape index (κ2) is 6.06. The Morgan fingerprint density at radius 3 is 1.88 bits per heavy atom. The molecule has 0 spiro atoms. The van der Waals surface area contributed by atoms with E-state index in [1.165, 1.54) is 11.3 Å². The van der Waals surface area contributed by atoms with Crippen molar-refractivity contribution >= 4 is 5.69 Å². The van der Waals surface area contributed by atoms with Gasteiger partial charge < -0.3 is 10.2 Å². The van der Waals surface area contributed by atoms with E-state index in [9.17, 15) is 0 Å². The van der Waals surface area contributed by atoms with Crippen LogP contribution in [0.1, 0.15) is 39.3 Å². The molecule has 0 aliphatic carbocycles. The number of hydrogen-bond acceptors (Lipinski definition) is 2. The highest BCUT2D eigenvalue weighted by Crippen LogP contribution is 2.18. The molecular formula is C15H26N2. The van der Waals surface area contributed by atoms with Gasteiger partial charge in [-0.05, 0) is 37.5 Å². The SMILES string of the molecule is CC(NC(C)C(C)C)c1ccc(N(C)C)cc1. The Balaban J connectivity index is 2.66. The molecule has 0 amide bonds. The maximum absolute atomic E-state index is 3.63. The first-order valence-electron chi connectivity index (χ1n) is 6.45. The van der Waals surface area contributed by atoms with Gasteiger partial charge in [-0.15, -0.1) is 0 Å².